The summed E-state index contributed by atoms with van der Waals surface area (Å²) in [5, 5.41) is 3.27. The van der Waals surface area contributed by atoms with Gasteiger partial charge in [0.2, 0.25) is 5.91 Å². The van der Waals surface area contributed by atoms with E-state index in [1.165, 1.54) is 25.7 Å². The molecule has 1 rings (SSSR count). The van der Waals surface area contributed by atoms with Crippen molar-refractivity contribution in [1.82, 2.24) is 15.1 Å². The quantitative estimate of drug-likeness (QED) is 0.697. The number of likely N-dealkylation sites (tertiary alicyclic amines) is 1. The first-order valence-electron chi connectivity index (χ1n) is 7.48. The fourth-order valence-corrected chi connectivity index (χ4v) is 2.40. The second-order valence-corrected chi connectivity index (χ2v) is 5.00. The Labute approximate surface area is 112 Å². The highest BCUT2D eigenvalue weighted by Crippen LogP contribution is 2.09. The molecule has 0 spiro atoms. The van der Waals surface area contributed by atoms with E-state index in [1.807, 2.05) is 4.90 Å². The van der Waals surface area contributed by atoms with E-state index in [-0.39, 0.29) is 5.91 Å². The van der Waals surface area contributed by atoms with Crippen molar-refractivity contribution in [2.24, 2.45) is 0 Å². The molecule has 4 nitrogen and oxygen atoms in total. The standard InChI is InChI=1S/C14H29N3O/c1-3-16(4-2)12-9-15-13-14(18)17-10-7-5-6-8-11-17/h15H,3-13H2,1-2H3. The lowest BCUT2D eigenvalue weighted by Crippen LogP contribution is -2.41. The fourth-order valence-electron chi connectivity index (χ4n) is 2.40. The number of nitrogens with zero attached hydrogens (tertiary/aromatic N) is 2. The first-order valence-corrected chi connectivity index (χ1v) is 7.48. The monoisotopic (exact) mass is 255 g/mol. The molecule has 0 atom stereocenters. The largest absolute Gasteiger partial charge is 0.342 e. The molecule has 18 heavy (non-hydrogen) atoms. The van der Waals surface area contributed by atoms with Crippen molar-refractivity contribution in [3.05, 3.63) is 0 Å². The van der Waals surface area contributed by atoms with Crippen LogP contribution in [0.2, 0.25) is 0 Å². The minimum Gasteiger partial charge on any atom is -0.342 e. The van der Waals surface area contributed by atoms with Gasteiger partial charge in [0.1, 0.15) is 0 Å². The maximum absolute atomic E-state index is 12.0. The van der Waals surface area contributed by atoms with Crippen LogP contribution in [0.1, 0.15) is 39.5 Å². The summed E-state index contributed by atoms with van der Waals surface area (Å²) in [6.45, 7) is 10.9. The lowest BCUT2D eigenvalue weighted by atomic mass is 10.2. The number of carbonyl (C=O) groups excluding carboxylic acids is 1. The predicted molar refractivity (Wildman–Crippen MR) is 75.7 cm³/mol. The average molecular weight is 255 g/mol. The Hall–Kier alpha value is -0.610. The third kappa shape index (κ3) is 5.83. The molecule has 1 amide bonds. The number of hydrogen-bond donors (Lipinski definition) is 1. The Morgan fingerprint density at radius 1 is 1.11 bits per heavy atom. The average Bonchev–Trinajstić information content (AvgIpc) is 2.67. The molecule has 1 aliphatic rings. The minimum atomic E-state index is 0.274. The van der Waals surface area contributed by atoms with Crippen molar-refractivity contribution in [2.75, 3.05) is 45.8 Å². The Balaban J connectivity index is 2.12. The van der Waals surface area contributed by atoms with E-state index in [4.69, 9.17) is 0 Å². The summed E-state index contributed by atoms with van der Waals surface area (Å²) in [5.41, 5.74) is 0. The molecule has 1 aliphatic heterocycles. The summed E-state index contributed by atoms with van der Waals surface area (Å²) in [6.07, 6.45) is 4.90. The minimum absolute atomic E-state index is 0.274. The number of rotatable bonds is 7. The lowest BCUT2D eigenvalue weighted by molar-refractivity contribution is -0.130. The smallest absolute Gasteiger partial charge is 0.236 e. The summed E-state index contributed by atoms with van der Waals surface area (Å²) >= 11 is 0. The van der Waals surface area contributed by atoms with Gasteiger partial charge in [0.05, 0.1) is 6.54 Å². The zero-order valence-corrected chi connectivity index (χ0v) is 12.1. The number of amides is 1. The fraction of sp³-hybridized carbons (Fsp3) is 0.929. The maximum Gasteiger partial charge on any atom is 0.236 e. The van der Waals surface area contributed by atoms with E-state index in [2.05, 4.69) is 24.1 Å². The van der Waals surface area contributed by atoms with Crippen LogP contribution in [0.25, 0.3) is 0 Å². The van der Waals surface area contributed by atoms with E-state index in [0.29, 0.717) is 6.54 Å². The number of carbonyl (C=O) groups is 1. The normalized spacial score (nSPS) is 16.9. The van der Waals surface area contributed by atoms with Crippen molar-refractivity contribution in [1.29, 1.82) is 0 Å². The van der Waals surface area contributed by atoms with Crippen LogP contribution in [-0.2, 0) is 4.79 Å². The van der Waals surface area contributed by atoms with Gasteiger partial charge in [0.15, 0.2) is 0 Å². The van der Waals surface area contributed by atoms with Crippen molar-refractivity contribution in [3.63, 3.8) is 0 Å². The maximum atomic E-state index is 12.0. The molecule has 1 N–H and O–H groups in total. The van der Waals surface area contributed by atoms with Gasteiger partial charge in [0, 0.05) is 26.2 Å². The molecule has 0 radical (unpaired) electrons. The molecular weight excluding hydrogens is 226 g/mol. The van der Waals surface area contributed by atoms with Crippen molar-refractivity contribution in [3.8, 4) is 0 Å². The highest BCUT2D eigenvalue weighted by Gasteiger charge is 2.14. The molecule has 0 aromatic rings. The van der Waals surface area contributed by atoms with Gasteiger partial charge in [-0.25, -0.2) is 0 Å². The van der Waals surface area contributed by atoms with Gasteiger partial charge in [-0.3, -0.25) is 4.79 Å². The lowest BCUT2D eigenvalue weighted by Gasteiger charge is -2.21. The van der Waals surface area contributed by atoms with Crippen molar-refractivity contribution in [2.45, 2.75) is 39.5 Å². The van der Waals surface area contributed by atoms with Crippen LogP contribution >= 0.6 is 0 Å². The Kier molecular flexibility index (Phi) is 8.01. The second kappa shape index (κ2) is 9.34. The van der Waals surface area contributed by atoms with E-state index in [0.717, 1.165) is 39.3 Å². The highest BCUT2D eigenvalue weighted by atomic mass is 16.2. The highest BCUT2D eigenvalue weighted by molar-refractivity contribution is 5.78. The zero-order valence-electron chi connectivity index (χ0n) is 12.1. The zero-order chi connectivity index (χ0) is 13.2. The van der Waals surface area contributed by atoms with E-state index in [9.17, 15) is 4.79 Å². The molecule has 0 aromatic heterocycles. The summed E-state index contributed by atoms with van der Waals surface area (Å²) in [5.74, 6) is 0.274. The van der Waals surface area contributed by atoms with Crippen LogP contribution in [0.15, 0.2) is 0 Å². The predicted octanol–water partition coefficient (Wildman–Crippen LogP) is 1.32. The Morgan fingerprint density at radius 2 is 1.72 bits per heavy atom. The molecule has 1 heterocycles. The molecular formula is C14H29N3O. The van der Waals surface area contributed by atoms with Gasteiger partial charge in [-0.05, 0) is 25.9 Å². The number of likely N-dealkylation sites (N-methyl/N-ethyl adjacent to an activating group) is 1. The SMILES string of the molecule is CCN(CC)CCNCC(=O)N1CCCCCC1. The summed E-state index contributed by atoms with van der Waals surface area (Å²) < 4.78 is 0. The van der Waals surface area contributed by atoms with Gasteiger partial charge in [0.25, 0.3) is 0 Å². The molecule has 106 valence electrons. The molecule has 0 unspecified atom stereocenters. The van der Waals surface area contributed by atoms with Crippen molar-refractivity contribution >= 4 is 5.91 Å². The van der Waals surface area contributed by atoms with E-state index < -0.39 is 0 Å². The van der Waals surface area contributed by atoms with Crippen LogP contribution in [0.4, 0.5) is 0 Å². The van der Waals surface area contributed by atoms with Gasteiger partial charge < -0.3 is 15.1 Å². The van der Waals surface area contributed by atoms with Gasteiger partial charge in [-0.15, -0.1) is 0 Å². The van der Waals surface area contributed by atoms with Crippen LogP contribution in [-0.4, -0.2) is 61.5 Å². The summed E-state index contributed by atoms with van der Waals surface area (Å²) in [6, 6.07) is 0. The number of hydrogen-bond acceptors (Lipinski definition) is 3. The van der Waals surface area contributed by atoms with Crippen LogP contribution in [0, 0.1) is 0 Å². The Bertz CT molecular complexity index is 221. The first kappa shape index (κ1) is 15.4. The molecule has 0 aromatic carbocycles. The van der Waals surface area contributed by atoms with E-state index >= 15 is 0 Å². The molecule has 1 saturated heterocycles. The van der Waals surface area contributed by atoms with Crippen LogP contribution in [0.3, 0.4) is 0 Å². The summed E-state index contributed by atoms with van der Waals surface area (Å²) in [7, 11) is 0. The van der Waals surface area contributed by atoms with Crippen LogP contribution < -0.4 is 5.32 Å². The third-order valence-electron chi connectivity index (χ3n) is 3.73. The van der Waals surface area contributed by atoms with Gasteiger partial charge in [-0.1, -0.05) is 26.7 Å². The van der Waals surface area contributed by atoms with Gasteiger partial charge >= 0.3 is 0 Å². The van der Waals surface area contributed by atoms with Crippen molar-refractivity contribution < 1.29 is 4.79 Å². The summed E-state index contributed by atoms with van der Waals surface area (Å²) in [4.78, 5) is 16.4. The molecule has 4 heteroatoms. The molecule has 0 saturated carbocycles. The Morgan fingerprint density at radius 3 is 2.28 bits per heavy atom. The van der Waals surface area contributed by atoms with Gasteiger partial charge in [-0.2, -0.15) is 0 Å². The van der Waals surface area contributed by atoms with Crippen LogP contribution in [0.5, 0.6) is 0 Å². The van der Waals surface area contributed by atoms with E-state index in [1.54, 1.807) is 0 Å². The third-order valence-corrected chi connectivity index (χ3v) is 3.73. The molecule has 0 bridgehead atoms. The second-order valence-electron chi connectivity index (χ2n) is 5.00. The number of nitrogens with one attached hydrogen (secondary N) is 1. The molecule has 0 aliphatic carbocycles. The molecule has 1 fully saturated rings. The first-order chi connectivity index (χ1) is 8.77. The topological polar surface area (TPSA) is 35.6 Å².